The minimum atomic E-state index is 0.511. The zero-order chi connectivity index (χ0) is 20.2. The van der Waals surface area contributed by atoms with Gasteiger partial charge in [0.25, 0.3) is 0 Å². The number of nitrogens with one attached hydrogen (secondary N) is 1. The van der Waals surface area contributed by atoms with E-state index in [2.05, 4.69) is 40.2 Å². The summed E-state index contributed by atoms with van der Waals surface area (Å²) in [6.07, 6.45) is 7.42. The summed E-state index contributed by atoms with van der Waals surface area (Å²) in [5.41, 5.74) is 5.20. The van der Waals surface area contributed by atoms with E-state index in [9.17, 15) is 0 Å². The Kier molecular flexibility index (Phi) is 6.61. The molecule has 29 heavy (non-hydrogen) atoms. The number of benzene rings is 2. The predicted molar refractivity (Wildman–Crippen MR) is 128 cm³/mol. The highest BCUT2D eigenvalue weighted by Gasteiger charge is 2.25. The molecule has 1 N–H and O–H groups in total. The van der Waals surface area contributed by atoms with Gasteiger partial charge in [-0.05, 0) is 80.2 Å². The zero-order valence-electron chi connectivity index (χ0n) is 17.2. The number of hydrogen-bond acceptors (Lipinski definition) is 2. The van der Waals surface area contributed by atoms with Gasteiger partial charge in [0.15, 0.2) is 5.11 Å². The van der Waals surface area contributed by atoms with Gasteiger partial charge in [0.1, 0.15) is 0 Å². The molecule has 1 saturated carbocycles. The predicted octanol–water partition coefficient (Wildman–Crippen LogP) is 6.25. The smallest absolute Gasteiger partial charge is 0.173 e. The molecule has 0 atom stereocenters. The second-order valence-electron chi connectivity index (χ2n) is 8.15. The van der Waals surface area contributed by atoms with E-state index in [-0.39, 0.29) is 0 Å². The molecule has 1 heterocycles. The lowest BCUT2D eigenvalue weighted by atomic mass is 9.99. The summed E-state index contributed by atoms with van der Waals surface area (Å²) in [5.74, 6) is 0. The van der Waals surface area contributed by atoms with Crippen LogP contribution in [0.4, 0.5) is 11.4 Å². The molecule has 0 bridgehead atoms. The van der Waals surface area contributed by atoms with Gasteiger partial charge >= 0.3 is 0 Å². The molecule has 0 radical (unpaired) electrons. The van der Waals surface area contributed by atoms with Gasteiger partial charge in [0, 0.05) is 42.1 Å². The topological polar surface area (TPSA) is 18.5 Å². The lowest BCUT2D eigenvalue weighted by Gasteiger charge is -2.33. The first-order valence-electron chi connectivity index (χ1n) is 10.8. The van der Waals surface area contributed by atoms with Crippen LogP contribution in [0.25, 0.3) is 0 Å². The van der Waals surface area contributed by atoms with Crippen LogP contribution in [-0.4, -0.2) is 29.1 Å². The molecule has 3 nitrogen and oxygen atoms in total. The van der Waals surface area contributed by atoms with Crippen LogP contribution in [0.5, 0.6) is 0 Å². The third kappa shape index (κ3) is 4.87. The van der Waals surface area contributed by atoms with Crippen molar-refractivity contribution in [2.75, 3.05) is 23.3 Å². The van der Waals surface area contributed by atoms with Crippen LogP contribution in [0, 0.1) is 0 Å². The largest absolute Gasteiger partial charge is 0.372 e. The summed E-state index contributed by atoms with van der Waals surface area (Å²) in [5, 5.41) is 4.94. The Morgan fingerprint density at radius 1 is 1.17 bits per heavy atom. The molecule has 2 aromatic carbocycles. The molecule has 154 valence electrons. The third-order valence-electron chi connectivity index (χ3n) is 6.20. The van der Waals surface area contributed by atoms with Crippen LogP contribution in [0.2, 0.25) is 5.02 Å². The maximum absolute atomic E-state index is 6.16. The first-order chi connectivity index (χ1) is 14.1. The number of anilines is 2. The average Bonchev–Trinajstić information content (AvgIpc) is 3.25. The highest BCUT2D eigenvalue weighted by atomic mass is 35.5. The molecule has 0 saturated heterocycles. The van der Waals surface area contributed by atoms with E-state index in [1.807, 2.05) is 24.3 Å². The standard InChI is InChI=1S/C24H30ClN3S/c1-2-27-14-6-7-19-15-18(12-13-23(19)27)17-28(22-10-3-4-11-22)24(29)26-21-9-5-8-20(25)16-21/h5,8-9,12-13,15-16,22H,2-4,6-7,10-11,14,17H2,1H3,(H,26,29). The number of aryl methyl sites for hydroxylation is 1. The van der Waals surface area contributed by atoms with Gasteiger partial charge in [-0.15, -0.1) is 0 Å². The Morgan fingerprint density at radius 3 is 2.76 bits per heavy atom. The van der Waals surface area contributed by atoms with Crippen molar-refractivity contribution in [2.24, 2.45) is 0 Å². The van der Waals surface area contributed by atoms with Crippen LogP contribution < -0.4 is 10.2 Å². The van der Waals surface area contributed by atoms with Crippen LogP contribution >= 0.6 is 23.8 Å². The van der Waals surface area contributed by atoms with Gasteiger partial charge in [-0.1, -0.05) is 42.6 Å². The van der Waals surface area contributed by atoms with Gasteiger partial charge in [0.2, 0.25) is 0 Å². The van der Waals surface area contributed by atoms with Crippen molar-refractivity contribution in [1.29, 1.82) is 0 Å². The maximum Gasteiger partial charge on any atom is 0.173 e. The fraction of sp³-hybridized carbons (Fsp3) is 0.458. The minimum Gasteiger partial charge on any atom is -0.372 e. The highest BCUT2D eigenvalue weighted by molar-refractivity contribution is 7.80. The Bertz CT molecular complexity index is 863. The van der Waals surface area contributed by atoms with E-state index in [0.717, 1.165) is 28.9 Å². The van der Waals surface area contributed by atoms with Crippen molar-refractivity contribution in [3.05, 3.63) is 58.6 Å². The zero-order valence-corrected chi connectivity index (χ0v) is 18.7. The molecule has 2 aliphatic rings. The second-order valence-corrected chi connectivity index (χ2v) is 8.98. The van der Waals surface area contributed by atoms with Crippen LogP contribution in [0.15, 0.2) is 42.5 Å². The summed E-state index contributed by atoms with van der Waals surface area (Å²) in [4.78, 5) is 4.88. The molecule has 1 aliphatic carbocycles. The lowest BCUT2D eigenvalue weighted by Crippen LogP contribution is -2.41. The first kappa shape index (κ1) is 20.5. The molecule has 0 amide bonds. The molecule has 0 unspecified atom stereocenters. The lowest BCUT2D eigenvalue weighted by molar-refractivity contribution is 0.312. The van der Waals surface area contributed by atoms with Gasteiger partial charge in [-0.25, -0.2) is 0 Å². The van der Waals surface area contributed by atoms with Crippen molar-refractivity contribution in [3.63, 3.8) is 0 Å². The highest BCUT2D eigenvalue weighted by Crippen LogP contribution is 2.30. The monoisotopic (exact) mass is 427 g/mol. The summed E-state index contributed by atoms with van der Waals surface area (Å²) < 4.78 is 0. The van der Waals surface area contributed by atoms with Crippen molar-refractivity contribution in [2.45, 2.75) is 58.0 Å². The van der Waals surface area contributed by atoms with Crippen LogP contribution in [-0.2, 0) is 13.0 Å². The van der Waals surface area contributed by atoms with E-state index in [4.69, 9.17) is 23.8 Å². The molecule has 4 rings (SSSR count). The van der Waals surface area contributed by atoms with E-state index in [0.29, 0.717) is 6.04 Å². The SMILES string of the molecule is CCN1CCCc2cc(CN(C(=S)Nc3cccc(Cl)c3)C3CCCC3)ccc21. The van der Waals surface area contributed by atoms with Crippen LogP contribution in [0.3, 0.4) is 0 Å². The Hall–Kier alpha value is -1.78. The van der Waals surface area contributed by atoms with Gasteiger partial charge in [-0.3, -0.25) is 0 Å². The molecule has 0 spiro atoms. The molecule has 2 aromatic rings. The molecule has 1 aliphatic heterocycles. The number of rotatable bonds is 5. The van der Waals surface area contributed by atoms with E-state index < -0.39 is 0 Å². The second kappa shape index (κ2) is 9.36. The fourth-order valence-corrected chi connectivity index (χ4v) is 5.22. The van der Waals surface area contributed by atoms with Crippen LogP contribution in [0.1, 0.15) is 50.2 Å². The van der Waals surface area contributed by atoms with Crippen molar-refractivity contribution < 1.29 is 0 Å². The molecular formula is C24H30ClN3S. The Morgan fingerprint density at radius 2 is 2.00 bits per heavy atom. The normalized spacial score (nSPS) is 16.6. The summed E-state index contributed by atoms with van der Waals surface area (Å²) in [6, 6.07) is 15.3. The number of thiocarbonyl (C=S) groups is 1. The van der Waals surface area contributed by atoms with Crippen molar-refractivity contribution in [1.82, 2.24) is 4.90 Å². The number of hydrogen-bond donors (Lipinski definition) is 1. The average molecular weight is 428 g/mol. The Balaban J connectivity index is 1.54. The summed E-state index contributed by atoms with van der Waals surface area (Å²) >= 11 is 12.0. The molecule has 1 fully saturated rings. The van der Waals surface area contributed by atoms with Gasteiger partial charge in [-0.2, -0.15) is 0 Å². The quantitative estimate of drug-likeness (QED) is 0.568. The third-order valence-corrected chi connectivity index (χ3v) is 6.77. The maximum atomic E-state index is 6.16. The minimum absolute atomic E-state index is 0.511. The van der Waals surface area contributed by atoms with Crippen molar-refractivity contribution in [3.8, 4) is 0 Å². The summed E-state index contributed by atoms with van der Waals surface area (Å²) in [7, 11) is 0. The molecular weight excluding hydrogens is 398 g/mol. The molecule has 0 aromatic heterocycles. The number of nitrogens with zero attached hydrogens (tertiary/aromatic N) is 2. The van der Waals surface area contributed by atoms with Gasteiger partial charge < -0.3 is 15.1 Å². The number of fused-ring (bicyclic) bond motifs is 1. The van der Waals surface area contributed by atoms with Crippen molar-refractivity contribution >= 4 is 40.3 Å². The van der Waals surface area contributed by atoms with E-state index >= 15 is 0 Å². The van der Waals surface area contributed by atoms with Gasteiger partial charge in [0.05, 0.1) is 0 Å². The fourth-order valence-electron chi connectivity index (χ4n) is 4.70. The van der Waals surface area contributed by atoms with E-state index in [1.54, 1.807) is 0 Å². The number of halogens is 1. The first-order valence-corrected chi connectivity index (χ1v) is 11.6. The Labute approximate surface area is 185 Å². The summed E-state index contributed by atoms with van der Waals surface area (Å²) in [6.45, 7) is 5.35. The molecule has 5 heteroatoms. The van der Waals surface area contributed by atoms with E-state index in [1.165, 1.54) is 61.9 Å².